The van der Waals surface area contributed by atoms with E-state index in [0.717, 1.165) is 18.7 Å². The largest absolute Gasteiger partial charge is 0.376 e. The van der Waals surface area contributed by atoms with Crippen LogP contribution in [0.4, 0.5) is 0 Å². The van der Waals surface area contributed by atoms with Gasteiger partial charge in [0, 0.05) is 25.2 Å². The highest BCUT2D eigenvalue weighted by Crippen LogP contribution is 2.35. The second kappa shape index (κ2) is 5.05. The van der Waals surface area contributed by atoms with Crippen LogP contribution in [0.5, 0.6) is 0 Å². The Labute approximate surface area is 100 Å². The summed E-state index contributed by atoms with van der Waals surface area (Å²) in [5.41, 5.74) is 0.0287. The Bertz CT molecular complexity index is 205. The summed E-state index contributed by atoms with van der Waals surface area (Å²) in [4.78, 5) is 2.76. The first-order chi connectivity index (χ1) is 7.56. The van der Waals surface area contributed by atoms with E-state index in [4.69, 9.17) is 4.74 Å². The molecule has 0 radical (unpaired) electrons. The monoisotopic (exact) mass is 225 g/mol. The van der Waals surface area contributed by atoms with Crippen molar-refractivity contribution in [3.05, 3.63) is 0 Å². The zero-order chi connectivity index (χ0) is 11.6. The molecule has 0 aromatic heterocycles. The Kier molecular flexibility index (Phi) is 3.91. The Balaban J connectivity index is 1.67. The maximum atomic E-state index is 5.78. The molecule has 2 unspecified atom stereocenters. The predicted octanol–water partition coefficient (Wildman–Crippen LogP) is 3.21. The van der Waals surface area contributed by atoms with E-state index in [-0.39, 0.29) is 5.60 Å². The molecule has 2 aliphatic heterocycles. The van der Waals surface area contributed by atoms with Crippen LogP contribution in [-0.2, 0) is 4.74 Å². The molecule has 2 heteroatoms. The lowest BCUT2D eigenvalue weighted by Crippen LogP contribution is -2.40. The molecule has 0 spiro atoms. The van der Waals surface area contributed by atoms with Crippen molar-refractivity contribution >= 4 is 0 Å². The number of hydrogen-bond acceptors (Lipinski definition) is 2. The molecule has 2 fully saturated rings. The lowest BCUT2D eigenvalue weighted by atomic mass is 10.0. The molecule has 2 saturated heterocycles. The van der Waals surface area contributed by atoms with Crippen LogP contribution in [0.3, 0.4) is 0 Å². The third kappa shape index (κ3) is 3.21. The molecule has 0 aromatic carbocycles. The van der Waals surface area contributed by atoms with Crippen molar-refractivity contribution in [2.45, 2.75) is 77.0 Å². The average molecular weight is 225 g/mol. The second-order valence-electron chi connectivity index (χ2n) is 6.37. The van der Waals surface area contributed by atoms with E-state index in [1.807, 2.05) is 0 Å². The third-order valence-electron chi connectivity index (χ3n) is 3.94. The van der Waals surface area contributed by atoms with Crippen LogP contribution in [0.2, 0.25) is 0 Å². The van der Waals surface area contributed by atoms with Crippen molar-refractivity contribution in [3.8, 4) is 0 Å². The summed E-state index contributed by atoms with van der Waals surface area (Å²) in [6.07, 6.45) is 8.44. The SMILES string of the molecule is CC(C)(C)OCCCN1C2CCCC1CC2. The fourth-order valence-corrected chi connectivity index (χ4v) is 3.21. The van der Waals surface area contributed by atoms with Crippen LogP contribution in [0, 0.1) is 0 Å². The van der Waals surface area contributed by atoms with Gasteiger partial charge in [-0.1, -0.05) is 6.42 Å². The molecule has 0 saturated carbocycles. The number of fused-ring (bicyclic) bond motifs is 2. The highest BCUT2D eigenvalue weighted by atomic mass is 16.5. The molecule has 2 bridgehead atoms. The van der Waals surface area contributed by atoms with E-state index < -0.39 is 0 Å². The zero-order valence-corrected chi connectivity index (χ0v) is 11.2. The van der Waals surface area contributed by atoms with E-state index in [1.165, 1.54) is 45.1 Å². The van der Waals surface area contributed by atoms with Crippen molar-refractivity contribution in [1.82, 2.24) is 4.90 Å². The third-order valence-corrected chi connectivity index (χ3v) is 3.94. The van der Waals surface area contributed by atoms with Crippen LogP contribution < -0.4 is 0 Å². The fraction of sp³-hybridized carbons (Fsp3) is 1.00. The summed E-state index contributed by atoms with van der Waals surface area (Å²) in [7, 11) is 0. The van der Waals surface area contributed by atoms with Gasteiger partial charge >= 0.3 is 0 Å². The Morgan fingerprint density at radius 2 is 1.69 bits per heavy atom. The van der Waals surface area contributed by atoms with E-state index in [9.17, 15) is 0 Å². The highest BCUT2D eigenvalue weighted by Gasteiger charge is 2.35. The average Bonchev–Trinajstić information content (AvgIpc) is 2.45. The van der Waals surface area contributed by atoms with Crippen LogP contribution in [-0.4, -0.2) is 35.7 Å². The summed E-state index contributed by atoms with van der Waals surface area (Å²) in [6.45, 7) is 8.58. The van der Waals surface area contributed by atoms with Gasteiger partial charge in [-0.05, 0) is 52.9 Å². The molecule has 0 amide bonds. The van der Waals surface area contributed by atoms with Gasteiger partial charge in [-0.25, -0.2) is 0 Å². The lowest BCUT2D eigenvalue weighted by molar-refractivity contribution is -0.00971. The van der Waals surface area contributed by atoms with E-state index in [1.54, 1.807) is 0 Å². The smallest absolute Gasteiger partial charge is 0.0598 e. The van der Waals surface area contributed by atoms with Gasteiger partial charge in [0.15, 0.2) is 0 Å². The maximum absolute atomic E-state index is 5.78. The molecule has 0 N–H and O–H groups in total. The second-order valence-corrected chi connectivity index (χ2v) is 6.37. The molecule has 94 valence electrons. The summed E-state index contributed by atoms with van der Waals surface area (Å²) >= 11 is 0. The number of rotatable bonds is 4. The van der Waals surface area contributed by atoms with Gasteiger partial charge in [-0.15, -0.1) is 0 Å². The Morgan fingerprint density at radius 3 is 2.25 bits per heavy atom. The predicted molar refractivity (Wildman–Crippen MR) is 67.7 cm³/mol. The Morgan fingerprint density at radius 1 is 1.06 bits per heavy atom. The minimum absolute atomic E-state index is 0.0287. The fourth-order valence-electron chi connectivity index (χ4n) is 3.21. The summed E-state index contributed by atoms with van der Waals surface area (Å²) in [6, 6.07) is 1.82. The standard InChI is InChI=1S/C14H27NO/c1-14(2,3)16-11-5-10-15-12-6-4-7-13(15)9-8-12/h12-13H,4-11H2,1-3H3. The van der Waals surface area contributed by atoms with Crippen molar-refractivity contribution in [2.24, 2.45) is 0 Å². The molecule has 2 rings (SSSR count). The van der Waals surface area contributed by atoms with Gasteiger partial charge in [0.05, 0.1) is 5.60 Å². The van der Waals surface area contributed by atoms with Gasteiger partial charge in [0.25, 0.3) is 0 Å². The van der Waals surface area contributed by atoms with Crippen LogP contribution in [0.15, 0.2) is 0 Å². The van der Waals surface area contributed by atoms with Crippen molar-refractivity contribution in [2.75, 3.05) is 13.2 Å². The summed E-state index contributed by atoms with van der Waals surface area (Å²) in [5.74, 6) is 0. The minimum Gasteiger partial charge on any atom is -0.376 e. The van der Waals surface area contributed by atoms with Crippen molar-refractivity contribution in [1.29, 1.82) is 0 Å². The zero-order valence-electron chi connectivity index (χ0n) is 11.2. The molecule has 0 aromatic rings. The van der Waals surface area contributed by atoms with Crippen molar-refractivity contribution in [3.63, 3.8) is 0 Å². The summed E-state index contributed by atoms with van der Waals surface area (Å²) < 4.78 is 5.78. The number of ether oxygens (including phenoxy) is 1. The van der Waals surface area contributed by atoms with Crippen LogP contribution in [0.25, 0.3) is 0 Å². The van der Waals surface area contributed by atoms with Gasteiger partial charge in [0.1, 0.15) is 0 Å². The van der Waals surface area contributed by atoms with Crippen molar-refractivity contribution < 1.29 is 4.74 Å². The van der Waals surface area contributed by atoms with Gasteiger partial charge in [0.2, 0.25) is 0 Å². The first kappa shape index (κ1) is 12.4. The molecule has 16 heavy (non-hydrogen) atoms. The summed E-state index contributed by atoms with van der Waals surface area (Å²) in [5, 5.41) is 0. The molecule has 2 aliphatic rings. The van der Waals surface area contributed by atoms with Gasteiger partial charge < -0.3 is 4.74 Å². The molecule has 0 aliphatic carbocycles. The first-order valence-corrected chi connectivity index (χ1v) is 6.96. The maximum Gasteiger partial charge on any atom is 0.0598 e. The number of nitrogens with zero attached hydrogens (tertiary/aromatic N) is 1. The van der Waals surface area contributed by atoms with Crippen LogP contribution in [0.1, 0.15) is 59.3 Å². The number of hydrogen-bond donors (Lipinski definition) is 0. The minimum atomic E-state index is 0.0287. The Hall–Kier alpha value is -0.0800. The van der Waals surface area contributed by atoms with Crippen LogP contribution >= 0.6 is 0 Å². The van der Waals surface area contributed by atoms with E-state index >= 15 is 0 Å². The van der Waals surface area contributed by atoms with Gasteiger partial charge in [-0.2, -0.15) is 0 Å². The lowest BCUT2D eigenvalue weighted by Gasteiger charge is -2.34. The quantitative estimate of drug-likeness (QED) is 0.681. The van der Waals surface area contributed by atoms with E-state index in [0.29, 0.717) is 0 Å². The number of piperidine rings is 1. The molecular weight excluding hydrogens is 198 g/mol. The van der Waals surface area contributed by atoms with E-state index in [2.05, 4.69) is 25.7 Å². The topological polar surface area (TPSA) is 12.5 Å². The molecular formula is C14H27NO. The molecule has 2 heterocycles. The normalized spacial score (nSPS) is 30.9. The van der Waals surface area contributed by atoms with Gasteiger partial charge in [-0.3, -0.25) is 4.90 Å². The molecule has 2 nitrogen and oxygen atoms in total. The first-order valence-electron chi connectivity index (χ1n) is 6.96. The molecule has 2 atom stereocenters. The highest BCUT2D eigenvalue weighted by molar-refractivity contribution is 4.91.